The topological polar surface area (TPSA) is 28.2 Å². The maximum Gasteiger partial charge on any atom is 0.0795 e. The number of aromatic nitrogens is 1. The molecule has 1 atom stereocenters. The van der Waals surface area contributed by atoms with E-state index in [1.165, 1.54) is 16.9 Å². The van der Waals surface area contributed by atoms with Crippen molar-refractivity contribution in [1.29, 1.82) is 0 Å². The number of thiazole rings is 1. The summed E-state index contributed by atoms with van der Waals surface area (Å²) in [6.07, 6.45) is 0. The van der Waals surface area contributed by atoms with Gasteiger partial charge in [-0.25, -0.2) is 4.98 Å². The average molecular weight is 259 g/mol. The summed E-state index contributed by atoms with van der Waals surface area (Å²) in [6.45, 7) is 3.05. The molecule has 0 amide bonds. The summed E-state index contributed by atoms with van der Waals surface area (Å²) in [7, 11) is 2.17. The number of hydrogen-bond acceptors (Lipinski definition) is 4. The largest absolute Gasteiger partial charge is 0.384 e. The molecule has 0 saturated heterocycles. The molecule has 2 heterocycles. The summed E-state index contributed by atoms with van der Waals surface area (Å²) in [6, 6.07) is 8.61. The van der Waals surface area contributed by atoms with Crippen molar-refractivity contribution in [1.82, 2.24) is 9.88 Å². The molecule has 2 aromatic rings. The van der Waals surface area contributed by atoms with Crippen molar-refractivity contribution < 1.29 is 0 Å². The lowest BCUT2D eigenvalue weighted by atomic mass is 10.0. The van der Waals surface area contributed by atoms with Gasteiger partial charge in [-0.05, 0) is 18.7 Å². The Balaban J connectivity index is 1.64. The molecule has 18 heavy (non-hydrogen) atoms. The Bertz CT molecular complexity index is 510. The van der Waals surface area contributed by atoms with Crippen molar-refractivity contribution in [2.75, 3.05) is 25.5 Å². The second-order valence-electron chi connectivity index (χ2n) is 4.84. The number of nitrogens with one attached hydrogen (secondary N) is 1. The first-order valence-electron chi connectivity index (χ1n) is 6.21. The highest BCUT2D eigenvalue weighted by atomic mass is 32.1. The number of benzene rings is 1. The minimum atomic E-state index is 0.588. The minimum absolute atomic E-state index is 0.588. The van der Waals surface area contributed by atoms with E-state index in [2.05, 4.69) is 51.9 Å². The van der Waals surface area contributed by atoms with Gasteiger partial charge in [0.2, 0.25) is 0 Å². The number of fused-ring (bicyclic) bond motifs is 1. The van der Waals surface area contributed by atoms with Gasteiger partial charge in [0.05, 0.1) is 11.2 Å². The van der Waals surface area contributed by atoms with Crippen molar-refractivity contribution in [2.24, 2.45) is 0 Å². The molecule has 1 aliphatic rings. The molecular formula is C14H17N3S. The van der Waals surface area contributed by atoms with Crippen LogP contribution in [-0.4, -0.2) is 30.0 Å². The van der Waals surface area contributed by atoms with Crippen LogP contribution in [0.4, 0.5) is 5.69 Å². The maximum atomic E-state index is 4.34. The summed E-state index contributed by atoms with van der Waals surface area (Å²) in [5, 5.41) is 5.60. The van der Waals surface area contributed by atoms with Crippen molar-refractivity contribution in [3.8, 4) is 0 Å². The smallest absolute Gasteiger partial charge is 0.0795 e. The molecule has 3 rings (SSSR count). The monoisotopic (exact) mass is 259 g/mol. The van der Waals surface area contributed by atoms with E-state index >= 15 is 0 Å². The summed E-state index contributed by atoms with van der Waals surface area (Å²) in [5.41, 5.74) is 5.81. The second-order valence-corrected chi connectivity index (χ2v) is 5.56. The first-order chi connectivity index (χ1) is 8.83. The maximum absolute atomic E-state index is 4.34. The standard InChI is InChI=1S/C14H17N3S/c1-17(8-12-9-18-10-16-12)7-11-6-15-14-5-3-2-4-13(11)14/h2-5,9-11,15H,6-8H2,1H3. The lowest BCUT2D eigenvalue weighted by molar-refractivity contribution is 0.306. The molecule has 94 valence electrons. The van der Waals surface area contributed by atoms with E-state index in [-0.39, 0.29) is 0 Å². The molecule has 0 bridgehead atoms. The van der Waals surface area contributed by atoms with Crippen LogP contribution in [0.15, 0.2) is 35.2 Å². The van der Waals surface area contributed by atoms with Gasteiger partial charge in [-0.15, -0.1) is 11.3 Å². The zero-order valence-corrected chi connectivity index (χ0v) is 11.3. The number of anilines is 1. The van der Waals surface area contributed by atoms with Crippen LogP contribution in [0.1, 0.15) is 17.2 Å². The molecule has 0 saturated carbocycles. The highest BCUT2D eigenvalue weighted by molar-refractivity contribution is 7.07. The Morgan fingerprint density at radius 2 is 2.33 bits per heavy atom. The van der Waals surface area contributed by atoms with Crippen LogP contribution in [0, 0.1) is 0 Å². The highest BCUT2D eigenvalue weighted by Crippen LogP contribution is 2.31. The van der Waals surface area contributed by atoms with Crippen LogP contribution in [0.5, 0.6) is 0 Å². The van der Waals surface area contributed by atoms with Gasteiger partial charge in [0.1, 0.15) is 0 Å². The Morgan fingerprint density at radius 1 is 1.44 bits per heavy atom. The van der Waals surface area contributed by atoms with E-state index in [0.717, 1.165) is 19.6 Å². The summed E-state index contributed by atoms with van der Waals surface area (Å²) in [4.78, 5) is 6.69. The molecular weight excluding hydrogens is 242 g/mol. The molecule has 1 aromatic carbocycles. The van der Waals surface area contributed by atoms with Gasteiger partial charge < -0.3 is 5.32 Å². The average Bonchev–Trinajstić information content (AvgIpc) is 3.00. The SMILES string of the molecule is CN(Cc1cscn1)CC1CNc2ccccc21. The van der Waals surface area contributed by atoms with Gasteiger partial charge in [0.15, 0.2) is 0 Å². The molecule has 1 aliphatic heterocycles. The van der Waals surface area contributed by atoms with E-state index in [0.29, 0.717) is 5.92 Å². The molecule has 1 N–H and O–H groups in total. The van der Waals surface area contributed by atoms with Gasteiger partial charge in [-0.2, -0.15) is 0 Å². The normalized spacial score (nSPS) is 17.8. The fraction of sp³-hybridized carbons (Fsp3) is 0.357. The first kappa shape index (κ1) is 11.7. The lowest BCUT2D eigenvalue weighted by Gasteiger charge is -2.20. The molecule has 0 spiro atoms. The molecule has 1 aromatic heterocycles. The van der Waals surface area contributed by atoms with Crippen LogP contribution in [0.3, 0.4) is 0 Å². The van der Waals surface area contributed by atoms with Crippen molar-refractivity contribution in [3.05, 3.63) is 46.4 Å². The van der Waals surface area contributed by atoms with Crippen molar-refractivity contribution >= 4 is 17.0 Å². The van der Waals surface area contributed by atoms with Gasteiger partial charge in [-0.3, -0.25) is 4.90 Å². The van der Waals surface area contributed by atoms with Crippen molar-refractivity contribution in [2.45, 2.75) is 12.5 Å². The predicted octanol–water partition coefficient (Wildman–Crippen LogP) is 2.78. The van der Waals surface area contributed by atoms with Crippen LogP contribution in [0.2, 0.25) is 0 Å². The molecule has 1 unspecified atom stereocenters. The molecule has 0 fully saturated rings. The quantitative estimate of drug-likeness (QED) is 0.915. The summed E-state index contributed by atoms with van der Waals surface area (Å²) in [5.74, 6) is 0.588. The third-order valence-corrected chi connectivity index (χ3v) is 4.02. The molecule has 0 radical (unpaired) electrons. The number of hydrogen-bond donors (Lipinski definition) is 1. The Kier molecular flexibility index (Phi) is 3.30. The van der Waals surface area contributed by atoms with E-state index in [1.54, 1.807) is 11.3 Å². The number of likely N-dealkylation sites (N-methyl/N-ethyl adjacent to an activating group) is 1. The van der Waals surface area contributed by atoms with Gasteiger partial charge in [0.25, 0.3) is 0 Å². The fourth-order valence-corrected chi connectivity index (χ4v) is 3.10. The zero-order chi connectivity index (χ0) is 12.4. The Labute approximate surface area is 111 Å². The summed E-state index contributed by atoms with van der Waals surface area (Å²) < 4.78 is 0. The predicted molar refractivity (Wildman–Crippen MR) is 76.1 cm³/mol. The number of para-hydroxylation sites is 1. The van der Waals surface area contributed by atoms with E-state index in [9.17, 15) is 0 Å². The molecule has 0 aliphatic carbocycles. The third-order valence-electron chi connectivity index (χ3n) is 3.39. The fourth-order valence-electron chi connectivity index (χ4n) is 2.55. The number of nitrogens with zero attached hydrogens (tertiary/aromatic N) is 2. The van der Waals surface area contributed by atoms with Gasteiger partial charge in [-0.1, -0.05) is 18.2 Å². The van der Waals surface area contributed by atoms with Gasteiger partial charge in [0, 0.05) is 36.6 Å². The second kappa shape index (κ2) is 5.08. The molecule has 3 nitrogen and oxygen atoms in total. The van der Waals surface area contributed by atoms with Gasteiger partial charge >= 0.3 is 0 Å². The Morgan fingerprint density at radius 3 is 3.17 bits per heavy atom. The van der Waals surface area contributed by atoms with E-state index < -0.39 is 0 Å². The van der Waals surface area contributed by atoms with Crippen LogP contribution < -0.4 is 5.32 Å². The molecule has 4 heteroatoms. The minimum Gasteiger partial charge on any atom is -0.384 e. The number of rotatable bonds is 4. The highest BCUT2D eigenvalue weighted by Gasteiger charge is 2.22. The third kappa shape index (κ3) is 2.40. The van der Waals surface area contributed by atoms with E-state index in [4.69, 9.17) is 0 Å². The Hall–Kier alpha value is -1.39. The lowest BCUT2D eigenvalue weighted by Crippen LogP contribution is -2.25. The van der Waals surface area contributed by atoms with E-state index in [1.807, 2.05) is 5.51 Å². The zero-order valence-electron chi connectivity index (χ0n) is 10.5. The first-order valence-corrected chi connectivity index (χ1v) is 7.15. The van der Waals surface area contributed by atoms with Crippen LogP contribution in [0.25, 0.3) is 0 Å². The summed E-state index contributed by atoms with van der Waals surface area (Å²) >= 11 is 1.66. The van der Waals surface area contributed by atoms with Crippen LogP contribution in [-0.2, 0) is 6.54 Å². The van der Waals surface area contributed by atoms with Crippen LogP contribution >= 0.6 is 11.3 Å². The van der Waals surface area contributed by atoms with Crippen molar-refractivity contribution in [3.63, 3.8) is 0 Å².